The molecule has 1 saturated heterocycles. The molecule has 0 amide bonds. The molecule has 2 fully saturated rings. The lowest BCUT2D eigenvalue weighted by atomic mass is 10.0. The van der Waals surface area contributed by atoms with E-state index in [1.54, 1.807) is 0 Å². The van der Waals surface area contributed by atoms with Gasteiger partial charge in [0.25, 0.3) is 0 Å². The van der Waals surface area contributed by atoms with Crippen molar-refractivity contribution >= 4 is 17.4 Å². The summed E-state index contributed by atoms with van der Waals surface area (Å²) < 4.78 is 0. The Morgan fingerprint density at radius 2 is 2.06 bits per heavy atom. The van der Waals surface area contributed by atoms with Gasteiger partial charge in [0.05, 0.1) is 10.7 Å². The number of aromatic nitrogens is 1. The number of nitrogens with one attached hydrogen (secondary N) is 1. The van der Waals surface area contributed by atoms with Gasteiger partial charge in [0, 0.05) is 19.6 Å². The number of halogens is 1. The van der Waals surface area contributed by atoms with E-state index in [4.69, 9.17) is 16.6 Å². The normalized spacial score (nSPS) is 26.7. The van der Waals surface area contributed by atoms with Crippen LogP contribution in [0.5, 0.6) is 0 Å². The maximum Gasteiger partial charge on any atom is 0.128 e. The number of hydrogen-bond donors (Lipinski definition) is 1. The summed E-state index contributed by atoms with van der Waals surface area (Å²) in [6.45, 7) is 3.09. The Balaban J connectivity index is 1.78. The van der Waals surface area contributed by atoms with Crippen molar-refractivity contribution in [2.75, 3.05) is 25.0 Å². The number of hydrogen-bond acceptors (Lipinski definition) is 3. The Kier molecular flexibility index (Phi) is 3.44. The van der Waals surface area contributed by atoms with E-state index in [0.717, 1.165) is 34.9 Å². The van der Waals surface area contributed by atoms with Crippen LogP contribution in [0, 0.1) is 11.8 Å². The van der Waals surface area contributed by atoms with Crippen LogP contribution in [-0.2, 0) is 6.54 Å². The van der Waals surface area contributed by atoms with Crippen molar-refractivity contribution in [3.8, 4) is 0 Å². The van der Waals surface area contributed by atoms with Gasteiger partial charge in [0.1, 0.15) is 5.82 Å². The Hall–Kier alpha value is -0.800. The maximum absolute atomic E-state index is 6.16. The van der Waals surface area contributed by atoms with E-state index in [1.165, 1.54) is 32.4 Å². The number of pyridine rings is 1. The van der Waals surface area contributed by atoms with Gasteiger partial charge in [-0.25, -0.2) is 4.98 Å². The van der Waals surface area contributed by atoms with E-state index in [1.807, 2.05) is 13.1 Å². The van der Waals surface area contributed by atoms with E-state index in [0.29, 0.717) is 0 Å². The zero-order chi connectivity index (χ0) is 12.5. The van der Waals surface area contributed by atoms with Gasteiger partial charge >= 0.3 is 0 Å². The fraction of sp³-hybridized carbons (Fsp3) is 0.643. The molecule has 3 nitrogen and oxygen atoms in total. The molecule has 18 heavy (non-hydrogen) atoms. The third kappa shape index (κ3) is 2.21. The second kappa shape index (κ2) is 5.06. The molecule has 1 aliphatic heterocycles. The minimum absolute atomic E-state index is 0.730. The summed E-state index contributed by atoms with van der Waals surface area (Å²) in [5.74, 6) is 2.89. The first-order valence-electron chi connectivity index (χ1n) is 6.83. The van der Waals surface area contributed by atoms with Crippen molar-refractivity contribution in [3.05, 3.63) is 22.8 Å². The van der Waals surface area contributed by atoms with Crippen LogP contribution >= 0.6 is 11.6 Å². The highest BCUT2D eigenvalue weighted by molar-refractivity contribution is 6.31. The molecule has 1 aromatic rings. The molecule has 4 heteroatoms. The van der Waals surface area contributed by atoms with E-state index >= 15 is 0 Å². The van der Waals surface area contributed by atoms with Crippen molar-refractivity contribution in [1.29, 1.82) is 0 Å². The summed E-state index contributed by atoms with van der Waals surface area (Å²) in [5, 5.41) is 3.87. The average molecular weight is 266 g/mol. The quantitative estimate of drug-likeness (QED) is 0.911. The van der Waals surface area contributed by atoms with Gasteiger partial charge in [-0.1, -0.05) is 18.0 Å². The highest BCUT2D eigenvalue weighted by Gasteiger charge is 2.36. The monoisotopic (exact) mass is 265 g/mol. The van der Waals surface area contributed by atoms with Crippen molar-refractivity contribution in [1.82, 2.24) is 10.3 Å². The van der Waals surface area contributed by atoms with Crippen LogP contribution in [-0.4, -0.2) is 25.1 Å². The van der Waals surface area contributed by atoms with Crippen LogP contribution < -0.4 is 10.2 Å². The minimum atomic E-state index is 0.730. The largest absolute Gasteiger partial charge is 0.356 e. The zero-order valence-electron chi connectivity index (χ0n) is 10.8. The molecule has 1 N–H and O–H groups in total. The summed E-state index contributed by atoms with van der Waals surface area (Å²) in [7, 11) is 1.92. The van der Waals surface area contributed by atoms with Gasteiger partial charge in [-0.15, -0.1) is 0 Å². The summed E-state index contributed by atoms with van der Waals surface area (Å²) in [4.78, 5) is 7.14. The molecule has 1 aliphatic carbocycles. The highest BCUT2D eigenvalue weighted by Crippen LogP contribution is 2.39. The Bertz CT molecular complexity index is 423. The number of fused-ring (bicyclic) bond motifs is 1. The van der Waals surface area contributed by atoms with Crippen LogP contribution in [0.15, 0.2) is 12.1 Å². The molecule has 0 radical (unpaired) electrons. The lowest BCUT2D eigenvalue weighted by Crippen LogP contribution is -2.22. The van der Waals surface area contributed by atoms with Crippen molar-refractivity contribution < 1.29 is 0 Å². The Morgan fingerprint density at radius 3 is 2.72 bits per heavy atom. The average Bonchev–Trinajstić information content (AvgIpc) is 2.92. The van der Waals surface area contributed by atoms with Gasteiger partial charge in [0.15, 0.2) is 0 Å². The van der Waals surface area contributed by atoms with E-state index in [2.05, 4.69) is 16.3 Å². The Morgan fingerprint density at radius 1 is 1.33 bits per heavy atom. The second-order valence-corrected chi connectivity index (χ2v) is 5.89. The standard InChI is InChI=1S/C14H20ClN3/c1-16-7-13-12(15)5-6-14(17-13)18-8-10-3-2-4-11(10)9-18/h5-6,10-11,16H,2-4,7-9H2,1H3. The van der Waals surface area contributed by atoms with E-state index in [-0.39, 0.29) is 0 Å². The van der Waals surface area contributed by atoms with Crippen molar-refractivity contribution in [3.63, 3.8) is 0 Å². The molecule has 1 aromatic heterocycles. The summed E-state index contributed by atoms with van der Waals surface area (Å²) in [5.41, 5.74) is 0.953. The lowest BCUT2D eigenvalue weighted by molar-refractivity contribution is 0.494. The smallest absolute Gasteiger partial charge is 0.128 e. The molecular formula is C14H20ClN3. The van der Waals surface area contributed by atoms with Crippen LogP contribution in [0.3, 0.4) is 0 Å². The number of rotatable bonds is 3. The predicted molar refractivity (Wildman–Crippen MR) is 75.1 cm³/mol. The van der Waals surface area contributed by atoms with E-state index < -0.39 is 0 Å². The Labute approximate surface area is 114 Å². The molecule has 0 aromatic carbocycles. The topological polar surface area (TPSA) is 28.2 Å². The van der Waals surface area contributed by atoms with Crippen molar-refractivity contribution in [2.24, 2.45) is 11.8 Å². The number of nitrogens with zero attached hydrogens (tertiary/aromatic N) is 2. The van der Waals surface area contributed by atoms with Crippen molar-refractivity contribution in [2.45, 2.75) is 25.8 Å². The van der Waals surface area contributed by atoms with E-state index in [9.17, 15) is 0 Å². The van der Waals surface area contributed by atoms with Crippen LogP contribution in [0.25, 0.3) is 0 Å². The molecule has 3 rings (SSSR count). The molecule has 2 aliphatic rings. The summed E-state index contributed by atoms with van der Waals surface area (Å²) in [6, 6.07) is 4.03. The third-order valence-corrected chi connectivity index (χ3v) is 4.64. The minimum Gasteiger partial charge on any atom is -0.356 e. The third-order valence-electron chi connectivity index (χ3n) is 4.30. The van der Waals surface area contributed by atoms with Gasteiger partial charge in [-0.3, -0.25) is 0 Å². The SMILES string of the molecule is CNCc1nc(N2CC3CCCC3C2)ccc1Cl. The van der Waals surface area contributed by atoms with Gasteiger partial charge in [-0.2, -0.15) is 0 Å². The second-order valence-electron chi connectivity index (χ2n) is 5.48. The zero-order valence-corrected chi connectivity index (χ0v) is 11.6. The lowest BCUT2D eigenvalue weighted by Gasteiger charge is -2.19. The van der Waals surface area contributed by atoms with Crippen LogP contribution in [0.2, 0.25) is 5.02 Å². The molecule has 2 heterocycles. The molecule has 0 spiro atoms. The summed E-state index contributed by atoms with van der Waals surface area (Å²) in [6.07, 6.45) is 4.22. The highest BCUT2D eigenvalue weighted by atomic mass is 35.5. The molecule has 2 unspecified atom stereocenters. The fourth-order valence-electron chi connectivity index (χ4n) is 3.36. The van der Waals surface area contributed by atoms with Crippen LogP contribution in [0.1, 0.15) is 25.0 Å². The van der Waals surface area contributed by atoms with Gasteiger partial charge in [0.2, 0.25) is 0 Å². The maximum atomic E-state index is 6.16. The first-order chi connectivity index (χ1) is 8.78. The molecule has 2 atom stereocenters. The van der Waals surface area contributed by atoms with Gasteiger partial charge < -0.3 is 10.2 Å². The van der Waals surface area contributed by atoms with Crippen LogP contribution in [0.4, 0.5) is 5.82 Å². The molecule has 0 bridgehead atoms. The molecule has 98 valence electrons. The first kappa shape index (κ1) is 12.2. The summed E-state index contributed by atoms with van der Waals surface area (Å²) >= 11 is 6.16. The number of anilines is 1. The first-order valence-corrected chi connectivity index (χ1v) is 7.20. The molecule has 1 saturated carbocycles. The fourth-order valence-corrected chi connectivity index (χ4v) is 3.53. The molecular weight excluding hydrogens is 246 g/mol. The predicted octanol–water partition coefficient (Wildman–Crippen LogP) is 2.69. The van der Waals surface area contributed by atoms with Gasteiger partial charge in [-0.05, 0) is 43.9 Å².